The summed E-state index contributed by atoms with van der Waals surface area (Å²) >= 11 is 16.9. The molecule has 2 atom stereocenters. The minimum absolute atomic E-state index is 0.0212. The maximum atomic E-state index is 13.4. The zero-order chi connectivity index (χ0) is 27.9. The van der Waals surface area contributed by atoms with Gasteiger partial charge in [0.05, 0.1) is 25.5 Å². The first-order valence-corrected chi connectivity index (χ1v) is 12.5. The van der Waals surface area contributed by atoms with Crippen molar-refractivity contribution in [3.05, 3.63) is 29.7 Å². The van der Waals surface area contributed by atoms with E-state index in [1.165, 1.54) is 20.3 Å². The van der Waals surface area contributed by atoms with Gasteiger partial charge < -0.3 is 28.4 Å². The van der Waals surface area contributed by atoms with Crippen LogP contribution in [0.4, 0.5) is 23.7 Å². The summed E-state index contributed by atoms with van der Waals surface area (Å²) in [5, 5.41) is 11.1. The minimum atomic E-state index is -6.09. The molecule has 0 radical (unpaired) electrons. The van der Waals surface area contributed by atoms with Gasteiger partial charge in [-0.2, -0.15) is 21.6 Å². The second-order valence-electron chi connectivity index (χ2n) is 7.68. The third-order valence-electron chi connectivity index (χ3n) is 5.19. The molecule has 0 aromatic heterocycles. The predicted octanol–water partition coefficient (Wildman–Crippen LogP) is 3.52. The molecule has 2 aliphatic rings. The van der Waals surface area contributed by atoms with Gasteiger partial charge in [-0.05, 0) is 6.07 Å². The molecule has 1 aromatic carbocycles. The number of halogens is 6. The van der Waals surface area contributed by atoms with Crippen LogP contribution in [0, 0.1) is 5.92 Å². The van der Waals surface area contributed by atoms with Gasteiger partial charge in [0, 0.05) is 31.1 Å². The Morgan fingerprint density at radius 2 is 1.76 bits per heavy atom. The number of fused-ring (bicyclic) bond motifs is 3. The van der Waals surface area contributed by atoms with Crippen LogP contribution >= 0.6 is 34.8 Å². The molecule has 0 fully saturated rings. The molecule has 2 bridgehead atoms. The Morgan fingerprint density at radius 3 is 2.30 bits per heavy atom. The highest BCUT2D eigenvalue weighted by atomic mass is 35.6. The lowest BCUT2D eigenvalue weighted by Gasteiger charge is -2.41. The number of aliphatic hydroxyl groups excluding tert-OH is 1. The molecule has 0 saturated heterocycles. The molecule has 2 unspecified atom stereocenters. The highest BCUT2D eigenvalue weighted by Crippen LogP contribution is 2.41. The molecule has 206 valence electrons. The van der Waals surface area contributed by atoms with Crippen LogP contribution in [0.2, 0.25) is 0 Å². The number of alkyl halides is 6. The zero-order valence-corrected chi connectivity index (χ0v) is 21.9. The molecule has 37 heavy (non-hydrogen) atoms. The average Bonchev–Trinajstić information content (AvgIpc) is 2.79. The van der Waals surface area contributed by atoms with E-state index < -0.39 is 62.4 Å². The number of aliphatic hydroxyl groups is 1. The first kappa shape index (κ1) is 29.2. The highest BCUT2D eigenvalue weighted by molar-refractivity contribution is 7.87. The van der Waals surface area contributed by atoms with E-state index in [9.17, 15) is 36.3 Å². The van der Waals surface area contributed by atoms with Crippen LogP contribution < -0.4 is 14.4 Å². The number of hydrogen-bond acceptors (Lipinski definition) is 9. The Bertz CT molecular complexity index is 1220. The Labute approximate surface area is 223 Å². The predicted molar refractivity (Wildman–Crippen MR) is 123 cm³/mol. The van der Waals surface area contributed by atoms with Crippen molar-refractivity contribution in [1.29, 1.82) is 0 Å². The SMILES string of the molecule is COc1cc2c(cc1OC)N(C(=O)OCC(Cl)(Cl)Cl)C(O)C1CC(OS(=O)(=O)C(F)(F)F)=CN(C1)C2=O. The van der Waals surface area contributed by atoms with Crippen LogP contribution in [-0.4, -0.2) is 73.3 Å². The third kappa shape index (κ3) is 6.22. The Balaban J connectivity index is 2.15. The molecule has 0 spiro atoms. The number of amides is 2. The number of nitrogens with zero attached hydrogens (tertiary/aromatic N) is 2. The molecule has 18 heteroatoms. The Hall–Kier alpha value is -2.33. The van der Waals surface area contributed by atoms with Crippen LogP contribution in [-0.2, 0) is 19.0 Å². The van der Waals surface area contributed by atoms with E-state index in [0.29, 0.717) is 4.90 Å². The largest absolute Gasteiger partial charge is 0.534 e. The average molecular weight is 614 g/mol. The van der Waals surface area contributed by atoms with Crippen LogP contribution in [0.3, 0.4) is 0 Å². The molecular formula is C19H18Cl3F3N2O9S. The van der Waals surface area contributed by atoms with Gasteiger partial charge >= 0.3 is 21.7 Å². The van der Waals surface area contributed by atoms with Gasteiger partial charge in [-0.1, -0.05) is 34.8 Å². The van der Waals surface area contributed by atoms with Crippen molar-refractivity contribution in [2.24, 2.45) is 5.92 Å². The Kier molecular flexibility index (Phi) is 8.25. The third-order valence-corrected chi connectivity index (χ3v) is 6.52. The molecule has 2 amide bonds. The molecule has 11 nitrogen and oxygen atoms in total. The number of methoxy groups -OCH3 is 2. The topological polar surface area (TPSA) is 132 Å². The van der Waals surface area contributed by atoms with Crippen LogP contribution in [0.1, 0.15) is 16.8 Å². The van der Waals surface area contributed by atoms with E-state index >= 15 is 0 Å². The maximum Gasteiger partial charge on any atom is 0.534 e. The number of benzene rings is 1. The summed E-state index contributed by atoms with van der Waals surface area (Å²) in [5.74, 6) is -2.89. The lowest BCUT2D eigenvalue weighted by Crippen LogP contribution is -2.53. The monoisotopic (exact) mass is 612 g/mol. The summed E-state index contributed by atoms with van der Waals surface area (Å²) in [6, 6.07) is 2.33. The number of ether oxygens (including phenoxy) is 3. The summed E-state index contributed by atoms with van der Waals surface area (Å²) in [6.45, 7) is -1.12. The van der Waals surface area contributed by atoms with Gasteiger partial charge in [0.15, 0.2) is 11.5 Å². The molecule has 0 saturated carbocycles. The summed E-state index contributed by atoms with van der Waals surface area (Å²) < 4.78 is 79.3. The molecule has 2 heterocycles. The molecule has 0 aliphatic carbocycles. The second-order valence-corrected chi connectivity index (χ2v) is 11.7. The van der Waals surface area contributed by atoms with E-state index in [1.54, 1.807) is 0 Å². The van der Waals surface area contributed by atoms with E-state index in [-0.39, 0.29) is 29.3 Å². The summed E-state index contributed by atoms with van der Waals surface area (Å²) in [7, 11) is -3.57. The Morgan fingerprint density at radius 1 is 1.16 bits per heavy atom. The fourth-order valence-corrected chi connectivity index (χ4v) is 4.26. The maximum absolute atomic E-state index is 13.4. The fraction of sp³-hybridized carbons (Fsp3) is 0.474. The van der Waals surface area contributed by atoms with Crippen molar-refractivity contribution in [1.82, 2.24) is 4.90 Å². The van der Waals surface area contributed by atoms with Gasteiger partial charge in [0.25, 0.3) is 5.91 Å². The summed E-state index contributed by atoms with van der Waals surface area (Å²) in [6.07, 6.45) is -3.03. The smallest absolute Gasteiger partial charge is 0.493 e. The first-order chi connectivity index (χ1) is 17.0. The number of carbonyl (C=O) groups excluding carboxylic acids is 2. The first-order valence-electron chi connectivity index (χ1n) is 9.98. The van der Waals surface area contributed by atoms with Gasteiger partial charge in [-0.3, -0.25) is 9.69 Å². The van der Waals surface area contributed by atoms with Crippen molar-refractivity contribution in [3.63, 3.8) is 0 Å². The molecular weight excluding hydrogens is 596 g/mol. The second kappa shape index (κ2) is 10.4. The standard InChI is InChI=1S/C19H18Cl3F3N2O9S/c1-33-13-4-11-12(5-14(13)34-2)27(17(30)35-8-18(20,21)22)15(28)9-3-10(7-26(6-9)16(11)29)36-37(31,32)19(23,24)25/h4-5,7,9,15,28H,3,6,8H2,1-2H3. The molecule has 1 N–H and O–H groups in total. The van der Waals surface area contributed by atoms with Gasteiger partial charge in [0.2, 0.25) is 3.79 Å². The van der Waals surface area contributed by atoms with Crippen molar-refractivity contribution in [2.45, 2.75) is 21.9 Å². The van der Waals surface area contributed by atoms with E-state index in [0.717, 1.165) is 17.2 Å². The van der Waals surface area contributed by atoms with Gasteiger partial charge in [0.1, 0.15) is 18.6 Å². The van der Waals surface area contributed by atoms with Gasteiger partial charge in [-0.25, -0.2) is 4.79 Å². The van der Waals surface area contributed by atoms with Crippen LogP contribution in [0.5, 0.6) is 11.5 Å². The van der Waals surface area contributed by atoms with Crippen molar-refractivity contribution >= 4 is 62.6 Å². The lowest BCUT2D eigenvalue weighted by molar-refractivity contribution is -0.0528. The summed E-state index contributed by atoms with van der Waals surface area (Å²) in [5.41, 5.74) is -6.29. The van der Waals surface area contributed by atoms with Crippen molar-refractivity contribution in [3.8, 4) is 11.5 Å². The van der Waals surface area contributed by atoms with Crippen molar-refractivity contribution < 1.29 is 54.7 Å². The summed E-state index contributed by atoms with van der Waals surface area (Å²) in [4.78, 5) is 27.9. The van der Waals surface area contributed by atoms with Crippen LogP contribution in [0.15, 0.2) is 24.1 Å². The van der Waals surface area contributed by atoms with E-state index in [1.807, 2.05) is 0 Å². The van der Waals surface area contributed by atoms with Crippen LogP contribution in [0.25, 0.3) is 0 Å². The number of anilines is 1. The minimum Gasteiger partial charge on any atom is -0.493 e. The number of carbonyl (C=O) groups is 2. The zero-order valence-electron chi connectivity index (χ0n) is 18.8. The number of allylic oxidation sites excluding steroid dienone is 1. The molecule has 2 aliphatic heterocycles. The van der Waals surface area contributed by atoms with E-state index in [2.05, 4.69) is 4.18 Å². The van der Waals surface area contributed by atoms with Crippen molar-refractivity contribution in [2.75, 3.05) is 32.3 Å². The van der Waals surface area contributed by atoms with E-state index in [4.69, 9.17) is 49.0 Å². The highest BCUT2D eigenvalue weighted by Gasteiger charge is 2.50. The lowest BCUT2D eigenvalue weighted by atomic mass is 9.94. The normalized spacial score (nSPS) is 20.4. The fourth-order valence-electron chi connectivity index (χ4n) is 3.61. The molecule has 3 rings (SSSR count). The molecule has 1 aromatic rings. The number of hydrogen-bond donors (Lipinski definition) is 1. The number of rotatable bonds is 5. The quantitative estimate of drug-likeness (QED) is 0.301. The van der Waals surface area contributed by atoms with Gasteiger partial charge in [-0.15, -0.1) is 0 Å².